The van der Waals surface area contributed by atoms with Gasteiger partial charge in [-0.1, -0.05) is 37.7 Å². The number of nitrogens with one attached hydrogen (secondary N) is 2. The summed E-state index contributed by atoms with van der Waals surface area (Å²) in [6.07, 6.45) is 0. The summed E-state index contributed by atoms with van der Waals surface area (Å²) in [7, 11) is 0. The molecule has 2 N–H and O–H groups in total. The summed E-state index contributed by atoms with van der Waals surface area (Å²) in [6.45, 7) is 7.85. The number of nitrogens with zero attached hydrogens (tertiary/aromatic N) is 1. The lowest BCUT2D eigenvalue weighted by molar-refractivity contribution is -0.138. The van der Waals surface area contributed by atoms with Crippen molar-refractivity contribution >= 4 is 23.5 Å². The Balaban J connectivity index is 2.15. The molecule has 0 saturated heterocycles. The Morgan fingerprint density at radius 1 is 1.31 bits per heavy atom. The maximum Gasteiger partial charge on any atom is 0.336 e. The molecule has 0 bridgehead atoms. The van der Waals surface area contributed by atoms with E-state index in [4.69, 9.17) is 4.74 Å². The van der Waals surface area contributed by atoms with Gasteiger partial charge >= 0.3 is 5.97 Å². The van der Waals surface area contributed by atoms with E-state index in [1.54, 1.807) is 26.0 Å². The van der Waals surface area contributed by atoms with Crippen molar-refractivity contribution in [3.63, 3.8) is 0 Å². The van der Waals surface area contributed by atoms with Gasteiger partial charge in [0.1, 0.15) is 11.6 Å². The lowest BCUT2D eigenvalue weighted by Gasteiger charge is -2.28. The third-order valence-corrected chi connectivity index (χ3v) is 5.77. The van der Waals surface area contributed by atoms with E-state index in [1.807, 2.05) is 0 Å². The first kappa shape index (κ1) is 21.1. The molecule has 0 saturated carbocycles. The topological polar surface area (TPSA) is 84.1 Å². The van der Waals surface area contributed by atoms with Crippen LogP contribution in [0.15, 0.2) is 45.5 Å². The lowest BCUT2D eigenvalue weighted by atomic mass is 9.82. The molecule has 0 spiro atoms. The maximum absolute atomic E-state index is 13.5. The first-order chi connectivity index (χ1) is 13.8. The van der Waals surface area contributed by atoms with Gasteiger partial charge in [0, 0.05) is 11.4 Å². The standard InChI is InChI=1S/C21H24FN3O3S/c1-5-28-20(27)15-12(4)23-18-17(16(15)13-6-8-14(22)9-7-13)19(26)25-21(24-18)29-10-11(2)3/h6-9,11,16H,5,10H2,1-4H3,(H2,23,24,25,26)/t16-/m0/s1. The summed E-state index contributed by atoms with van der Waals surface area (Å²) >= 11 is 1.47. The third-order valence-electron chi connectivity index (χ3n) is 4.47. The number of carbonyl (C=O) groups excluding carboxylic acids is 1. The number of thioether (sulfide) groups is 1. The minimum atomic E-state index is -0.703. The van der Waals surface area contributed by atoms with Crippen LogP contribution in [0.2, 0.25) is 0 Å². The first-order valence-corrected chi connectivity index (χ1v) is 10.5. The number of ether oxygens (including phenoxy) is 1. The highest BCUT2D eigenvalue weighted by Crippen LogP contribution is 2.40. The largest absolute Gasteiger partial charge is 0.463 e. The number of anilines is 1. The van der Waals surface area contributed by atoms with Crippen LogP contribution in [0.25, 0.3) is 0 Å². The Bertz CT molecular complexity index is 999. The SMILES string of the molecule is CCOC(=O)C1=C(C)Nc2nc(SCC(C)C)[nH]c(=O)c2[C@H]1c1ccc(F)cc1. The summed E-state index contributed by atoms with van der Waals surface area (Å²) in [5.41, 5.74) is 1.48. The van der Waals surface area contributed by atoms with Crippen molar-refractivity contribution in [2.75, 3.05) is 17.7 Å². The van der Waals surface area contributed by atoms with Crippen molar-refractivity contribution in [2.45, 2.75) is 38.8 Å². The molecule has 1 aliphatic rings. The minimum Gasteiger partial charge on any atom is -0.463 e. The van der Waals surface area contributed by atoms with Crippen molar-refractivity contribution in [2.24, 2.45) is 5.92 Å². The van der Waals surface area contributed by atoms with Gasteiger partial charge in [0.25, 0.3) is 5.56 Å². The number of allylic oxidation sites excluding steroid dienone is 1. The van der Waals surface area contributed by atoms with Gasteiger partial charge in [-0.3, -0.25) is 4.79 Å². The second kappa shape index (κ2) is 8.82. The second-order valence-corrected chi connectivity index (χ2v) is 8.22. The smallest absolute Gasteiger partial charge is 0.336 e. The molecule has 29 heavy (non-hydrogen) atoms. The van der Waals surface area contributed by atoms with Gasteiger partial charge < -0.3 is 15.0 Å². The van der Waals surface area contributed by atoms with E-state index >= 15 is 0 Å². The number of carbonyl (C=O) groups is 1. The average Bonchev–Trinajstić information content (AvgIpc) is 2.66. The lowest BCUT2D eigenvalue weighted by Crippen LogP contribution is -2.31. The number of esters is 1. The zero-order valence-corrected chi connectivity index (χ0v) is 17.7. The van der Waals surface area contributed by atoms with Gasteiger partial charge in [-0.05, 0) is 37.5 Å². The van der Waals surface area contributed by atoms with Crippen LogP contribution in [0.1, 0.15) is 44.7 Å². The fourth-order valence-electron chi connectivity index (χ4n) is 3.21. The summed E-state index contributed by atoms with van der Waals surface area (Å²) in [4.78, 5) is 33.1. The molecule has 2 aromatic rings. The molecule has 1 aromatic heterocycles. The van der Waals surface area contributed by atoms with E-state index in [0.717, 1.165) is 5.75 Å². The van der Waals surface area contributed by atoms with E-state index in [-0.39, 0.29) is 12.2 Å². The van der Waals surface area contributed by atoms with Crippen LogP contribution in [-0.2, 0) is 9.53 Å². The fourth-order valence-corrected chi connectivity index (χ4v) is 4.02. The molecule has 1 aromatic carbocycles. The molecule has 1 atom stereocenters. The second-order valence-electron chi connectivity index (χ2n) is 7.21. The Labute approximate surface area is 173 Å². The predicted molar refractivity (Wildman–Crippen MR) is 112 cm³/mol. The highest BCUT2D eigenvalue weighted by molar-refractivity contribution is 7.99. The number of halogens is 1. The zero-order valence-electron chi connectivity index (χ0n) is 16.8. The van der Waals surface area contributed by atoms with Crippen LogP contribution in [0.3, 0.4) is 0 Å². The van der Waals surface area contributed by atoms with Crippen LogP contribution in [0.5, 0.6) is 0 Å². The van der Waals surface area contributed by atoms with Crippen molar-refractivity contribution in [1.82, 2.24) is 9.97 Å². The van der Waals surface area contributed by atoms with E-state index in [2.05, 4.69) is 29.1 Å². The minimum absolute atomic E-state index is 0.206. The average molecular weight is 418 g/mol. The Kier molecular flexibility index (Phi) is 6.42. The normalized spacial score (nSPS) is 15.9. The monoisotopic (exact) mass is 417 g/mol. The summed E-state index contributed by atoms with van der Waals surface area (Å²) in [5, 5.41) is 3.60. The highest BCUT2D eigenvalue weighted by Gasteiger charge is 2.36. The number of aromatic amines is 1. The molecule has 0 unspecified atom stereocenters. The number of hydrogen-bond acceptors (Lipinski definition) is 6. The van der Waals surface area contributed by atoms with Crippen LogP contribution in [0.4, 0.5) is 10.2 Å². The van der Waals surface area contributed by atoms with E-state index in [9.17, 15) is 14.0 Å². The molecular formula is C21H24FN3O3S. The van der Waals surface area contributed by atoms with Crippen LogP contribution in [0, 0.1) is 11.7 Å². The van der Waals surface area contributed by atoms with E-state index in [0.29, 0.717) is 39.3 Å². The molecule has 0 amide bonds. The van der Waals surface area contributed by atoms with Crippen molar-refractivity contribution in [3.8, 4) is 0 Å². The van der Waals surface area contributed by atoms with E-state index in [1.165, 1.54) is 23.9 Å². The molecular weight excluding hydrogens is 393 g/mol. The molecule has 3 rings (SSSR count). The molecule has 0 fully saturated rings. The van der Waals surface area contributed by atoms with Gasteiger partial charge in [0.2, 0.25) is 0 Å². The Morgan fingerprint density at radius 3 is 2.62 bits per heavy atom. The maximum atomic E-state index is 13.5. The number of hydrogen-bond donors (Lipinski definition) is 2. The van der Waals surface area contributed by atoms with Gasteiger partial charge in [-0.15, -0.1) is 0 Å². The highest BCUT2D eigenvalue weighted by atomic mass is 32.2. The molecule has 6 nitrogen and oxygen atoms in total. The molecule has 0 aliphatic carbocycles. The number of aromatic nitrogens is 2. The van der Waals surface area contributed by atoms with Gasteiger partial charge in [0.05, 0.1) is 23.7 Å². The number of fused-ring (bicyclic) bond motifs is 1. The third kappa shape index (κ3) is 4.53. The fraction of sp³-hybridized carbons (Fsp3) is 0.381. The van der Waals surface area contributed by atoms with Crippen LogP contribution in [-0.4, -0.2) is 28.3 Å². The predicted octanol–water partition coefficient (Wildman–Crippen LogP) is 4.05. The Hall–Kier alpha value is -2.61. The van der Waals surface area contributed by atoms with Gasteiger partial charge in [0.15, 0.2) is 5.16 Å². The van der Waals surface area contributed by atoms with E-state index < -0.39 is 17.7 Å². The summed E-state index contributed by atoms with van der Waals surface area (Å²) < 4.78 is 18.7. The van der Waals surface area contributed by atoms with Crippen molar-refractivity contribution < 1.29 is 13.9 Å². The van der Waals surface area contributed by atoms with Crippen LogP contribution >= 0.6 is 11.8 Å². The molecule has 2 heterocycles. The van der Waals surface area contributed by atoms with Gasteiger partial charge in [-0.25, -0.2) is 14.2 Å². The Morgan fingerprint density at radius 2 is 2.00 bits per heavy atom. The molecule has 8 heteroatoms. The zero-order chi connectivity index (χ0) is 21.1. The van der Waals surface area contributed by atoms with Crippen molar-refractivity contribution in [1.29, 1.82) is 0 Å². The molecule has 154 valence electrons. The molecule has 1 aliphatic heterocycles. The quantitative estimate of drug-likeness (QED) is 0.419. The first-order valence-electron chi connectivity index (χ1n) is 9.49. The van der Waals surface area contributed by atoms with Crippen molar-refractivity contribution in [3.05, 3.63) is 62.8 Å². The summed E-state index contributed by atoms with van der Waals surface area (Å²) in [5.74, 6) is 0.0415. The van der Waals surface area contributed by atoms with Crippen LogP contribution < -0.4 is 10.9 Å². The molecule has 0 radical (unpaired) electrons. The van der Waals surface area contributed by atoms with Gasteiger partial charge in [-0.2, -0.15) is 0 Å². The number of benzene rings is 1. The number of rotatable bonds is 6. The number of H-pyrrole nitrogens is 1. The summed E-state index contributed by atoms with van der Waals surface area (Å²) in [6, 6.07) is 5.76.